The number of allylic oxidation sites excluding steroid dienone is 1. The molecule has 0 saturated heterocycles. The van der Waals surface area contributed by atoms with Gasteiger partial charge in [-0.25, -0.2) is 13.8 Å². The van der Waals surface area contributed by atoms with Crippen LogP contribution in [-0.2, 0) is 18.3 Å². The molecule has 2 N–H and O–H groups in total. The van der Waals surface area contributed by atoms with Gasteiger partial charge in [-0.15, -0.1) is 0 Å². The molecule has 0 atom stereocenters. The Morgan fingerprint density at radius 3 is 2.46 bits per heavy atom. The second-order valence-electron chi connectivity index (χ2n) is 12.2. The molecule has 1 aromatic heterocycles. The minimum absolute atomic E-state index is 0.161. The molecule has 1 heterocycles. The second-order valence-corrected chi connectivity index (χ2v) is 12.2. The first-order valence-electron chi connectivity index (χ1n) is 13.9. The van der Waals surface area contributed by atoms with E-state index in [1.165, 1.54) is 0 Å². The number of rotatable bonds is 10. The van der Waals surface area contributed by atoms with E-state index in [4.69, 9.17) is 4.98 Å². The molecular formula is C34H39F2N3. The highest BCUT2D eigenvalue weighted by molar-refractivity contribution is 5.72. The number of halogens is 2. The van der Waals surface area contributed by atoms with Crippen molar-refractivity contribution in [2.24, 2.45) is 5.41 Å². The van der Waals surface area contributed by atoms with Gasteiger partial charge in [0.2, 0.25) is 0 Å². The average Bonchev–Trinajstić information content (AvgIpc) is 3.65. The van der Waals surface area contributed by atoms with Gasteiger partial charge in [-0.2, -0.15) is 0 Å². The van der Waals surface area contributed by atoms with Crippen molar-refractivity contribution in [3.05, 3.63) is 101 Å². The number of pyridine rings is 1. The van der Waals surface area contributed by atoms with Crippen molar-refractivity contribution >= 4 is 11.5 Å². The van der Waals surface area contributed by atoms with Crippen molar-refractivity contribution in [2.45, 2.75) is 71.1 Å². The fourth-order valence-corrected chi connectivity index (χ4v) is 5.36. The molecule has 0 amide bonds. The summed E-state index contributed by atoms with van der Waals surface area (Å²) < 4.78 is 27.9. The van der Waals surface area contributed by atoms with Crippen LogP contribution >= 0.6 is 0 Å². The smallest absolute Gasteiger partial charge is 0.256 e. The SMILES string of the molecule is C=C(NCC(C)(C)CC)c1cccc(-c2nc(NC(=C)C3(c4ccc5c(c4)CC(F)(F)C5)CC3)ccc2C)c1. The third-order valence-electron chi connectivity index (χ3n) is 8.58. The summed E-state index contributed by atoms with van der Waals surface area (Å²) in [7, 11) is 0. The summed E-state index contributed by atoms with van der Waals surface area (Å²) in [6.07, 6.45) is 2.64. The molecule has 0 aliphatic heterocycles. The van der Waals surface area contributed by atoms with Crippen LogP contribution in [0.25, 0.3) is 17.0 Å². The van der Waals surface area contributed by atoms with Gasteiger partial charge in [-0.3, -0.25) is 0 Å². The first-order chi connectivity index (χ1) is 18.4. The number of aromatic nitrogens is 1. The zero-order valence-electron chi connectivity index (χ0n) is 23.6. The quantitative estimate of drug-likeness (QED) is 0.278. The summed E-state index contributed by atoms with van der Waals surface area (Å²) in [4.78, 5) is 4.97. The molecule has 0 spiro atoms. The summed E-state index contributed by atoms with van der Waals surface area (Å²) in [6.45, 7) is 18.3. The Morgan fingerprint density at radius 2 is 1.74 bits per heavy atom. The number of aryl methyl sites for hydroxylation is 1. The molecule has 0 bridgehead atoms. The summed E-state index contributed by atoms with van der Waals surface area (Å²) in [5.41, 5.74) is 8.36. The Hall–Kier alpha value is -3.47. The van der Waals surface area contributed by atoms with E-state index in [1.807, 2.05) is 30.3 Å². The fourth-order valence-electron chi connectivity index (χ4n) is 5.36. The number of hydrogen-bond donors (Lipinski definition) is 2. The van der Waals surface area contributed by atoms with Crippen LogP contribution in [0, 0.1) is 12.3 Å². The van der Waals surface area contributed by atoms with Crippen LogP contribution in [0.3, 0.4) is 0 Å². The molecule has 5 heteroatoms. The van der Waals surface area contributed by atoms with E-state index in [-0.39, 0.29) is 23.7 Å². The molecule has 0 unspecified atom stereocenters. The van der Waals surface area contributed by atoms with E-state index in [0.29, 0.717) is 0 Å². The van der Waals surface area contributed by atoms with E-state index in [0.717, 1.165) is 82.1 Å². The van der Waals surface area contributed by atoms with Crippen molar-refractivity contribution in [1.82, 2.24) is 10.3 Å². The first kappa shape index (κ1) is 27.1. The Labute approximate surface area is 231 Å². The number of anilines is 1. The average molecular weight is 528 g/mol. The van der Waals surface area contributed by atoms with Gasteiger partial charge < -0.3 is 10.6 Å². The molecule has 2 aliphatic rings. The van der Waals surface area contributed by atoms with E-state index in [2.05, 4.69) is 75.8 Å². The fraction of sp³-hybridized carbons (Fsp3) is 0.382. The van der Waals surface area contributed by atoms with Crippen LogP contribution in [0.5, 0.6) is 0 Å². The first-order valence-corrected chi connectivity index (χ1v) is 13.9. The summed E-state index contributed by atoms with van der Waals surface area (Å²) in [5, 5.41) is 6.96. The van der Waals surface area contributed by atoms with Crippen molar-refractivity contribution in [3.8, 4) is 11.3 Å². The minimum atomic E-state index is -2.64. The van der Waals surface area contributed by atoms with Crippen LogP contribution in [0.4, 0.5) is 14.6 Å². The van der Waals surface area contributed by atoms with Crippen LogP contribution in [0.2, 0.25) is 0 Å². The van der Waals surface area contributed by atoms with Gasteiger partial charge in [0.05, 0.1) is 5.69 Å². The molecule has 1 saturated carbocycles. The van der Waals surface area contributed by atoms with Gasteiger partial charge in [0.15, 0.2) is 0 Å². The lowest BCUT2D eigenvalue weighted by Gasteiger charge is -2.24. The molecular weight excluding hydrogens is 488 g/mol. The standard InChI is InChI=1S/C34H39F2N3/c1-7-32(5,6)21-37-23(3)25-9-8-10-26(17-25)31-22(2)11-14-30(39-31)38-24(4)33(15-16-33)29-13-12-27-19-34(35,36)20-28(27)18-29/h8-14,17-18,37H,3-4,7,15-16,19-21H2,1-2,5-6H3,(H,38,39). The van der Waals surface area contributed by atoms with Gasteiger partial charge in [-0.05, 0) is 71.6 Å². The van der Waals surface area contributed by atoms with Crippen LogP contribution in [0.1, 0.15) is 67.9 Å². The maximum Gasteiger partial charge on any atom is 0.256 e. The van der Waals surface area contributed by atoms with Crippen molar-refractivity contribution in [2.75, 3.05) is 11.9 Å². The maximum absolute atomic E-state index is 14.0. The number of nitrogens with zero attached hydrogens (tertiary/aromatic N) is 1. The summed E-state index contributed by atoms with van der Waals surface area (Å²) in [6, 6.07) is 18.2. The third-order valence-corrected chi connectivity index (χ3v) is 8.58. The molecule has 2 aliphatic carbocycles. The predicted molar refractivity (Wildman–Crippen MR) is 158 cm³/mol. The molecule has 3 aromatic rings. The summed E-state index contributed by atoms with van der Waals surface area (Å²) in [5.74, 6) is -1.91. The van der Waals surface area contributed by atoms with E-state index in [9.17, 15) is 8.78 Å². The topological polar surface area (TPSA) is 37.0 Å². The molecule has 204 valence electrons. The van der Waals surface area contributed by atoms with Crippen molar-refractivity contribution in [1.29, 1.82) is 0 Å². The van der Waals surface area contributed by atoms with Gasteiger partial charge >= 0.3 is 0 Å². The number of fused-ring (bicyclic) bond motifs is 1. The van der Waals surface area contributed by atoms with Crippen LogP contribution in [0.15, 0.2) is 73.5 Å². The number of hydrogen-bond acceptors (Lipinski definition) is 3. The molecule has 39 heavy (non-hydrogen) atoms. The molecule has 0 radical (unpaired) electrons. The Kier molecular flexibility index (Phi) is 6.90. The van der Waals surface area contributed by atoms with Gasteiger partial charge in [-0.1, -0.05) is 76.4 Å². The Bertz CT molecular complexity index is 1430. The van der Waals surface area contributed by atoms with Gasteiger partial charge in [0.25, 0.3) is 5.92 Å². The Balaban J connectivity index is 1.34. The lowest BCUT2D eigenvalue weighted by atomic mass is 9.90. The van der Waals surface area contributed by atoms with Crippen molar-refractivity contribution in [3.63, 3.8) is 0 Å². The van der Waals surface area contributed by atoms with Crippen LogP contribution < -0.4 is 10.6 Å². The highest BCUT2D eigenvalue weighted by atomic mass is 19.3. The maximum atomic E-state index is 14.0. The lowest BCUT2D eigenvalue weighted by molar-refractivity contribution is 0.0130. The number of nitrogens with one attached hydrogen (secondary N) is 2. The lowest BCUT2D eigenvalue weighted by Crippen LogP contribution is -2.27. The van der Waals surface area contributed by atoms with Crippen molar-refractivity contribution < 1.29 is 8.78 Å². The second kappa shape index (κ2) is 9.93. The third kappa shape index (κ3) is 5.63. The van der Waals surface area contributed by atoms with E-state index < -0.39 is 5.92 Å². The van der Waals surface area contributed by atoms with Gasteiger partial charge in [0.1, 0.15) is 5.82 Å². The molecule has 5 rings (SSSR count). The Morgan fingerprint density at radius 1 is 1.00 bits per heavy atom. The highest BCUT2D eigenvalue weighted by Crippen LogP contribution is 2.54. The molecule has 3 nitrogen and oxygen atoms in total. The van der Waals surface area contributed by atoms with Gasteiger partial charge in [0, 0.05) is 41.8 Å². The van der Waals surface area contributed by atoms with Crippen LogP contribution in [-0.4, -0.2) is 17.5 Å². The highest BCUT2D eigenvalue weighted by Gasteiger charge is 2.48. The largest absolute Gasteiger partial charge is 0.385 e. The number of alkyl halides is 2. The van der Waals surface area contributed by atoms with E-state index >= 15 is 0 Å². The zero-order chi connectivity index (χ0) is 28.0. The molecule has 1 fully saturated rings. The zero-order valence-corrected chi connectivity index (χ0v) is 23.6. The minimum Gasteiger partial charge on any atom is -0.385 e. The summed E-state index contributed by atoms with van der Waals surface area (Å²) >= 11 is 0. The van der Waals surface area contributed by atoms with E-state index in [1.54, 1.807) is 0 Å². The number of benzene rings is 2. The predicted octanol–water partition coefficient (Wildman–Crippen LogP) is 8.44. The monoisotopic (exact) mass is 527 g/mol. The molecule has 2 aromatic carbocycles. The normalized spacial score (nSPS) is 16.9.